The Labute approximate surface area is 113 Å². The number of anilines is 2. The van der Waals surface area contributed by atoms with Crippen LogP contribution in [0.1, 0.15) is 10.4 Å². The van der Waals surface area contributed by atoms with Crippen molar-refractivity contribution in [3.63, 3.8) is 0 Å². The van der Waals surface area contributed by atoms with E-state index in [1.54, 1.807) is 0 Å². The minimum absolute atomic E-state index is 0.0200. The van der Waals surface area contributed by atoms with Crippen molar-refractivity contribution in [3.8, 4) is 0 Å². The quantitative estimate of drug-likeness (QED) is 0.829. The summed E-state index contributed by atoms with van der Waals surface area (Å²) < 4.78 is 26.7. The lowest BCUT2D eigenvalue weighted by Crippen LogP contribution is -2.14. The number of amides is 1. The molecule has 2 aromatic carbocycles. The van der Waals surface area contributed by atoms with E-state index in [4.69, 9.17) is 17.3 Å². The van der Waals surface area contributed by atoms with Crippen molar-refractivity contribution in [3.05, 3.63) is 58.6 Å². The zero-order valence-electron chi connectivity index (χ0n) is 9.58. The van der Waals surface area contributed by atoms with Crippen LogP contribution in [0.3, 0.4) is 0 Å². The predicted molar refractivity (Wildman–Crippen MR) is 70.2 cm³/mol. The van der Waals surface area contributed by atoms with Crippen molar-refractivity contribution in [1.82, 2.24) is 0 Å². The highest BCUT2D eigenvalue weighted by atomic mass is 35.5. The Balaban J connectivity index is 2.28. The Hall–Kier alpha value is -2.14. The van der Waals surface area contributed by atoms with Crippen molar-refractivity contribution in [2.45, 2.75) is 0 Å². The molecule has 2 aromatic rings. The molecule has 0 aliphatic heterocycles. The van der Waals surface area contributed by atoms with Gasteiger partial charge in [0.1, 0.15) is 11.6 Å². The molecule has 0 aliphatic carbocycles. The van der Waals surface area contributed by atoms with Crippen molar-refractivity contribution in [2.75, 3.05) is 11.1 Å². The Bertz CT molecular complexity index is 626. The molecule has 0 fully saturated rings. The van der Waals surface area contributed by atoms with Crippen molar-refractivity contribution >= 4 is 28.9 Å². The zero-order valence-corrected chi connectivity index (χ0v) is 10.3. The molecule has 0 atom stereocenters. The van der Waals surface area contributed by atoms with E-state index in [0.29, 0.717) is 0 Å². The van der Waals surface area contributed by atoms with Crippen LogP contribution in [0, 0.1) is 11.6 Å². The van der Waals surface area contributed by atoms with Gasteiger partial charge in [-0.1, -0.05) is 17.7 Å². The van der Waals surface area contributed by atoms with E-state index in [1.165, 1.54) is 24.3 Å². The van der Waals surface area contributed by atoms with Gasteiger partial charge in [-0.05, 0) is 30.3 Å². The van der Waals surface area contributed by atoms with Gasteiger partial charge >= 0.3 is 0 Å². The number of nitrogen functional groups attached to an aromatic ring is 1. The summed E-state index contributed by atoms with van der Waals surface area (Å²) in [5.74, 6) is -2.18. The fourth-order valence-corrected chi connectivity index (χ4v) is 1.76. The minimum Gasteiger partial charge on any atom is -0.396 e. The van der Waals surface area contributed by atoms with E-state index in [0.717, 1.165) is 12.1 Å². The molecule has 0 unspecified atom stereocenters. The summed E-state index contributed by atoms with van der Waals surface area (Å²) in [6.07, 6.45) is 0. The first-order valence-corrected chi connectivity index (χ1v) is 5.67. The van der Waals surface area contributed by atoms with E-state index < -0.39 is 17.5 Å². The van der Waals surface area contributed by atoms with Gasteiger partial charge in [-0.3, -0.25) is 4.79 Å². The van der Waals surface area contributed by atoms with Crippen LogP contribution in [0.4, 0.5) is 20.2 Å². The van der Waals surface area contributed by atoms with Crippen LogP contribution in [0.15, 0.2) is 36.4 Å². The van der Waals surface area contributed by atoms with Crippen molar-refractivity contribution in [1.29, 1.82) is 0 Å². The van der Waals surface area contributed by atoms with E-state index in [-0.39, 0.29) is 22.0 Å². The lowest BCUT2D eigenvalue weighted by Gasteiger charge is -2.08. The van der Waals surface area contributed by atoms with Crippen LogP contribution in [0.2, 0.25) is 5.02 Å². The summed E-state index contributed by atoms with van der Waals surface area (Å²) in [4.78, 5) is 11.9. The largest absolute Gasteiger partial charge is 0.396 e. The summed E-state index contributed by atoms with van der Waals surface area (Å²) in [5.41, 5.74) is 5.14. The van der Waals surface area contributed by atoms with Gasteiger partial charge in [-0.15, -0.1) is 0 Å². The lowest BCUT2D eigenvalue weighted by atomic mass is 10.2. The molecule has 3 nitrogen and oxygen atoms in total. The van der Waals surface area contributed by atoms with Crippen LogP contribution in [-0.2, 0) is 0 Å². The fourth-order valence-electron chi connectivity index (χ4n) is 1.51. The van der Waals surface area contributed by atoms with Gasteiger partial charge in [0.15, 0.2) is 0 Å². The van der Waals surface area contributed by atoms with E-state index in [1.807, 2.05) is 0 Å². The number of carbonyl (C=O) groups excluding carboxylic acids is 1. The minimum atomic E-state index is -0.757. The van der Waals surface area contributed by atoms with Crippen LogP contribution in [0.5, 0.6) is 0 Å². The lowest BCUT2D eigenvalue weighted by molar-refractivity contribution is 0.102. The Morgan fingerprint density at radius 3 is 2.53 bits per heavy atom. The van der Waals surface area contributed by atoms with Gasteiger partial charge in [0.25, 0.3) is 5.91 Å². The number of rotatable bonds is 2. The molecular formula is C13H9ClF2N2O. The Kier molecular flexibility index (Phi) is 3.66. The van der Waals surface area contributed by atoms with E-state index in [9.17, 15) is 13.6 Å². The molecule has 19 heavy (non-hydrogen) atoms. The van der Waals surface area contributed by atoms with E-state index in [2.05, 4.69) is 5.32 Å². The average molecular weight is 283 g/mol. The number of hydrogen-bond acceptors (Lipinski definition) is 2. The molecule has 98 valence electrons. The number of hydrogen-bond donors (Lipinski definition) is 2. The summed E-state index contributed by atoms with van der Waals surface area (Å²) in [5, 5.41) is 2.33. The normalized spacial score (nSPS) is 10.3. The number of nitrogens with one attached hydrogen (secondary N) is 1. The molecule has 0 radical (unpaired) electrons. The summed E-state index contributed by atoms with van der Waals surface area (Å²) in [6.45, 7) is 0. The highest BCUT2D eigenvalue weighted by Gasteiger charge is 2.16. The molecule has 6 heteroatoms. The van der Waals surface area contributed by atoms with Gasteiger partial charge in [-0.25, -0.2) is 8.78 Å². The molecule has 0 saturated carbocycles. The Morgan fingerprint density at radius 1 is 1.16 bits per heavy atom. The van der Waals surface area contributed by atoms with Crippen molar-refractivity contribution in [2.24, 2.45) is 0 Å². The molecule has 0 saturated heterocycles. The molecule has 1 amide bonds. The second-order valence-electron chi connectivity index (χ2n) is 3.79. The molecule has 0 aromatic heterocycles. The number of carbonyl (C=O) groups is 1. The van der Waals surface area contributed by atoms with Gasteiger partial charge in [0.2, 0.25) is 0 Å². The molecule has 0 bridgehead atoms. The van der Waals surface area contributed by atoms with Crippen LogP contribution < -0.4 is 11.1 Å². The highest BCUT2D eigenvalue weighted by Crippen LogP contribution is 2.21. The van der Waals surface area contributed by atoms with Crippen molar-refractivity contribution < 1.29 is 13.6 Å². The topological polar surface area (TPSA) is 55.1 Å². The SMILES string of the molecule is Nc1ccc(NC(=O)c2c(F)cccc2Cl)cc1F. The van der Waals surface area contributed by atoms with Crippen LogP contribution >= 0.6 is 11.6 Å². The maximum Gasteiger partial charge on any atom is 0.260 e. The summed E-state index contributed by atoms with van der Waals surface area (Å²) in [6, 6.07) is 7.64. The standard InChI is InChI=1S/C13H9ClF2N2O/c14-8-2-1-3-9(15)12(8)13(19)18-7-4-5-11(17)10(16)6-7/h1-6H,17H2,(H,18,19). The molecule has 0 spiro atoms. The first-order valence-electron chi connectivity index (χ1n) is 5.29. The summed E-state index contributed by atoms with van der Waals surface area (Å²) in [7, 11) is 0. The van der Waals surface area contributed by atoms with Gasteiger partial charge in [0.05, 0.1) is 16.3 Å². The first-order chi connectivity index (χ1) is 8.99. The molecule has 3 N–H and O–H groups in total. The second kappa shape index (κ2) is 5.24. The monoisotopic (exact) mass is 282 g/mol. The first kappa shape index (κ1) is 13.3. The highest BCUT2D eigenvalue weighted by molar-refractivity contribution is 6.34. The summed E-state index contributed by atoms with van der Waals surface area (Å²) >= 11 is 5.75. The van der Waals surface area contributed by atoms with Gasteiger partial charge < -0.3 is 11.1 Å². The maximum atomic E-state index is 13.5. The third-order valence-electron chi connectivity index (χ3n) is 2.45. The molecule has 0 heterocycles. The zero-order chi connectivity index (χ0) is 14.0. The van der Waals surface area contributed by atoms with Crippen LogP contribution in [-0.4, -0.2) is 5.91 Å². The molecular weight excluding hydrogens is 274 g/mol. The van der Waals surface area contributed by atoms with E-state index >= 15 is 0 Å². The molecule has 2 rings (SSSR count). The third-order valence-corrected chi connectivity index (χ3v) is 2.76. The smallest absolute Gasteiger partial charge is 0.260 e. The van der Waals surface area contributed by atoms with Gasteiger partial charge in [-0.2, -0.15) is 0 Å². The maximum absolute atomic E-state index is 13.5. The molecule has 0 aliphatic rings. The Morgan fingerprint density at radius 2 is 1.89 bits per heavy atom. The van der Waals surface area contributed by atoms with Crippen LogP contribution in [0.25, 0.3) is 0 Å². The fraction of sp³-hybridized carbons (Fsp3) is 0. The third kappa shape index (κ3) is 2.82. The second-order valence-corrected chi connectivity index (χ2v) is 4.19. The number of nitrogens with two attached hydrogens (primary N) is 1. The number of benzene rings is 2. The average Bonchev–Trinajstić information content (AvgIpc) is 2.33. The predicted octanol–water partition coefficient (Wildman–Crippen LogP) is 3.45. The number of halogens is 3. The van der Waals surface area contributed by atoms with Gasteiger partial charge in [0, 0.05) is 5.69 Å².